The van der Waals surface area contributed by atoms with E-state index in [0.29, 0.717) is 32.8 Å². The summed E-state index contributed by atoms with van der Waals surface area (Å²) in [7, 11) is 0. The first kappa shape index (κ1) is 19.9. The van der Waals surface area contributed by atoms with Crippen molar-refractivity contribution < 1.29 is 24.2 Å². The van der Waals surface area contributed by atoms with Crippen LogP contribution in [0.5, 0.6) is 11.5 Å². The molecule has 144 valence electrons. The molecule has 0 atom stereocenters. The third kappa shape index (κ3) is 4.52. The average molecular weight is 415 g/mol. The number of thioether (sulfide) groups is 1. The lowest BCUT2D eigenvalue weighted by Crippen LogP contribution is -2.27. The van der Waals surface area contributed by atoms with Gasteiger partial charge in [0.15, 0.2) is 10.9 Å². The normalized spacial score (nSPS) is 15.2. The number of benzene rings is 2. The summed E-state index contributed by atoms with van der Waals surface area (Å²) in [4.78, 5) is 25.5. The number of hydrogen-bond donors (Lipinski definition) is 1. The zero-order valence-corrected chi connectivity index (χ0v) is 16.6. The van der Waals surface area contributed by atoms with Gasteiger partial charge in [-0.3, -0.25) is 9.69 Å². The van der Waals surface area contributed by atoms with Crippen molar-refractivity contribution in [1.29, 1.82) is 0 Å². The topological polar surface area (TPSA) is 76.1 Å². The van der Waals surface area contributed by atoms with Gasteiger partial charge in [0.05, 0.1) is 17.2 Å². The zero-order valence-electron chi connectivity index (χ0n) is 15.0. The van der Waals surface area contributed by atoms with Gasteiger partial charge < -0.3 is 14.6 Å². The van der Waals surface area contributed by atoms with Gasteiger partial charge in [-0.05, 0) is 43.3 Å². The molecule has 0 bridgehead atoms. The largest absolute Gasteiger partial charge is 0.494 e. The summed E-state index contributed by atoms with van der Waals surface area (Å²) in [6.45, 7) is 2.00. The molecule has 1 aliphatic rings. The minimum absolute atomic E-state index is 0.243. The van der Waals surface area contributed by atoms with Crippen LogP contribution in [0.2, 0.25) is 0 Å². The Morgan fingerprint density at radius 3 is 2.57 bits per heavy atom. The number of ether oxygens (including phenoxy) is 2. The van der Waals surface area contributed by atoms with Crippen LogP contribution in [-0.4, -0.2) is 34.5 Å². The second-order valence-electron chi connectivity index (χ2n) is 5.66. The molecular formula is C20H17NO5S2. The molecular weight excluding hydrogens is 398 g/mol. The fourth-order valence-corrected chi connectivity index (χ4v) is 3.85. The molecule has 1 amide bonds. The Bertz CT molecular complexity index is 940. The van der Waals surface area contributed by atoms with Gasteiger partial charge in [0.2, 0.25) is 0 Å². The highest BCUT2D eigenvalue weighted by Crippen LogP contribution is 2.37. The van der Waals surface area contributed by atoms with Crippen molar-refractivity contribution in [3.8, 4) is 11.5 Å². The van der Waals surface area contributed by atoms with Crippen LogP contribution in [0, 0.1) is 0 Å². The summed E-state index contributed by atoms with van der Waals surface area (Å²) < 4.78 is 11.1. The van der Waals surface area contributed by atoms with E-state index in [1.54, 1.807) is 54.6 Å². The third-order valence-corrected chi connectivity index (χ3v) is 5.06. The van der Waals surface area contributed by atoms with Crippen molar-refractivity contribution in [2.45, 2.75) is 6.92 Å². The van der Waals surface area contributed by atoms with Crippen LogP contribution in [0.3, 0.4) is 0 Å². The van der Waals surface area contributed by atoms with E-state index in [0.717, 1.165) is 5.75 Å². The molecule has 1 aliphatic heterocycles. The molecule has 1 saturated heterocycles. The van der Waals surface area contributed by atoms with E-state index in [1.165, 1.54) is 16.7 Å². The van der Waals surface area contributed by atoms with Gasteiger partial charge in [-0.15, -0.1) is 0 Å². The fourth-order valence-electron chi connectivity index (χ4n) is 2.56. The highest BCUT2D eigenvalue weighted by atomic mass is 32.2. The van der Waals surface area contributed by atoms with E-state index in [2.05, 4.69) is 0 Å². The van der Waals surface area contributed by atoms with Crippen molar-refractivity contribution in [2.75, 3.05) is 18.1 Å². The molecule has 0 aliphatic carbocycles. The van der Waals surface area contributed by atoms with Crippen LogP contribution in [0.15, 0.2) is 53.4 Å². The number of anilines is 1. The number of aliphatic carboxylic acids is 1. The predicted octanol–water partition coefficient (Wildman–Crippen LogP) is 3.95. The van der Waals surface area contributed by atoms with Gasteiger partial charge in [-0.25, -0.2) is 4.79 Å². The number of amides is 1. The second kappa shape index (κ2) is 8.90. The summed E-state index contributed by atoms with van der Waals surface area (Å²) in [5.74, 6) is -0.211. The van der Waals surface area contributed by atoms with Crippen molar-refractivity contribution in [3.63, 3.8) is 0 Å². The lowest BCUT2D eigenvalue weighted by atomic mass is 10.2. The van der Waals surface area contributed by atoms with E-state index in [1.807, 2.05) is 6.92 Å². The maximum Gasteiger partial charge on any atom is 0.341 e. The Labute approximate surface area is 171 Å². The van der Waals surface area contributed by atoms with E-state index >= 15 is 0 Å². The molecule has 8 heteroatoms. The van der Waals surface area contributed by atoms with Gasteiger partial charge in [0.1, 0.15) is 11.5 Å². The molecule has 28 heavy (non-hydrogen) atoms. The molecule has 1 N–H and O–H groups in total. The number of carboxylic acids is 1. The van der Waals surface area contributed by atoms with Gasteiger partial charge in [0.25, 0.3) is 5.91 Å². The highest BCUT2D eigenvalue weighted by molar-refractivity contribution is 8.27. The van der Waals surface area contributed by atoms with E-state index in [9.17, 15) is 9.59 Å². The number of carbonyl (C=O) groups excluding carboxylic acids is 1. The summed E-state index contributed by atoms with van der Waals surface area (Å²) in [6.07, 6.45) is 1.66. The lowest BCUT2D eigenvalue weighted by molar-refractivity contribution is -0.139. The van der Waals surface area contributed by atoms with Crippen LogP contribution >= 0.6 is 24.0 Å². The number of carboxylic acid groups (broad SMARTS) is 1. The third-order valence-electron chi connectivity index (χ3n) is 3.76. The van der Waals surface area contributed by atoms with E-state index in [-0.39, 0.29) is 5.91 Å². The fraction of sp³-hybridized carbons (Fsp3) is 0.150. The molecule has 3 rings (SSSR count). The molecule has 0 spiro atoms. The minimum Gasteiger partial charge on any atom is -0.494 e. The Morgan fingerprint density at radius 2 is 1.89 bits per heavy atom. The quantitative estimate of drug-likeness (QED) is 0.542. The van der Waals surface area contributed by atoms with E-state index in [4.69, 9.17) is 26.8 Å². The van der Waals surface area contributed by atoms with Crippen LogP contribution < -0.4 is 14.4 Å². The first-order valence-corrected chi connectivity index (χ1v) is 9.66. The van der Waals surface area contributed by atoms with Crippen LogP contribution in [0.25, 0.3) is 6.08 Å². The molecule has 0 aromatic heterocycles. The lowest BCUT2D eigenvalue weighted by Gasteiger charge is -2.15. The van der Waals surface area contributed by atoms with Crippen molar-refractivity contribution in [1.82, 2.24) is 0 Å². The Kier molecular flexibility index (Phi) is 6.33. The number of rotatable bonds is 7. The minimum atomic E-state index is -1.07. The van der Waals surface area contributed by atoms with Crippen LogP contribution in [0.4, 0.5) is 5.69 Å². The monoisotopic (exact) mass is 415 g/mol. The molecule has 2 aromatic rings. The Hall–Kier alpha value is -2.84. The maximum atomic E-state index is 12.9. The predicted molar refractivity (Wildman–Crippen MR) is 113 cm³/mol. The zero-order chi connectivity index (χ0) is 20.1. The number of hydrogen-bond acceptors (Lipinski definition) is 6. The standard InChI is InChI=1S/C20H17NO5S2/c1-2-25-15-9-7-14(8-10-15)21-19(24)17(28-20(21)27)11-13-5-3-4-6-16(13)26-12-18(22)23/h3-11H,2,12H2,1H3,(H,22,23). The van der Waals surface area contributed by atoms with E-state index < -0.39 is 12.6 Å². The molecule has 0 radical (unpaired) electrons. The van der Waals surface area contributed by atoms with Gasteiger partial charge in [0, 0.05) is 5.56 Å². The molecule has 2 aromatic carbocycles. The van der Waals surface area contributed by atoms with Crippen molar-refractivity contribution >= 4 is 51.9 Å². The van der Waals surface area contributed by atoms with Crippen LogP contribution in [0.1, 0.15) is 12.5 Å². The number of carbonyl (C=O) groups is 2. The summed E-state index contributed by atoms with van der Waals surface area (Å²) in [5.41, 5.74) is 1.26. The molecule has 1 heterocycles. The molecule has 0 unspecified atom stereocenters. The Balaban J connectivity index is 1.84. The molecule has 1 fully saturated rings. The molecule has 0 saturated carbocycles. The SMILES string of the molecule is CCOc1ccc(N2C(=O)C(=Cc3ccccc3OCC(=O)O)SC2=S)cc1. The highest BCUT2D eigenvalue weighted by Gasteiger charge is 2.33. The molecule has 6 nitrogen and oxygen atoms in total. The van der Waals surface area contributed by atoms with Crippen molar-refractivity contribution in [3.05, 3.63) is 59.0 Å². The van der Waals surface area contributed by atoms with Crippen LogP contribution in [-0.2, 0) is 9.59 Å². The second-order valence-corrected chi connectivity index (χ2v) is 7.34. The smallest absolute Gasteiger partial charge is 0.341 e. The maximum absolute atomic E-state index is 12.9. The number of thiocarbonyl (C=S) groups is 1. The summed E-state index contributed by atoms with van der Waals surface area (Å²) >= 11 is 6.57. The van der Waals surface area contributed by atoms with Gasteiger partial charge in [-0.1, -0.05) is 42.2 Å². The summed E-state index contributed by atoms with van der Waals surface area (Å²) in [6, 6.07) is 14.1. The average Bonchev–Trinajstić information content (AvgIpc) is 2.95. The van der Waals surface area contributed by atoms with Gasteiger partial charge >= 0.3 is 5.97 Å². The number of para-hydroxylation sites is 1. The first-order valence-electron chi connectivity index (χ1n) is 8.44. The first-order chi connectivity index (χ1) is 13.5. The van der Waals surface area contributed by atoms with Crippen molar-refractivity contribution in [2.24, 2.45) is 0 Å². The Morgan fingerprint density at radius 1 is 1.18 bits per heavy atom. The number of nitrogens with zero attached hydrogens (tertiary/aromatic N) is 1. The summed E-state index contributed by atoms with van der Waals surface area (Å²) in [5, 5.41) is 8.81. The van der Waals surface area contributed by atoms with Gasteiger partial charge in [-0.2, -0.15) is 0 Å².